The van der Waals surface area contributed by atoms with Crippen LogP contribution in [0, 0.1) is 0 Å². The van der Waals surface area contributed by atoms with E-state index in [2.05, 4.69) is 4.72 Å². The Kier molecular flexibility index (Phi) is 6.11. The van der Waals surface area contributed by atoms with Gasteiger partial charge in [0.15, 0.2) is 0 Å². The van der Waals surface area contributed by atoms with Crippen LogP contribution in [-0.2, 0) is 19.6 Å². The number of benzene rings is 2. The molecule has 0 unspecified atom stereocenters. The fraction of sp³-hybridized carbons (Fsp3) is 0.263. The second-order valence-electron chi connectivity index (χ2n) is 6.62. The molecule has 8 nitrogen and oxygen atoms in total. The molecule has 0 spiro atoms. The van der Waals surface area contributed by atoms with Gasteiger partial charge in [-0.1, -0.05) is 0 Å². The average Bonchev–Trinajstić information content (AvgIpc) is 3.13. The largest absolute Gasteiger partial charge is 0.494 e. The molecule has 2 N–H and O–H groups in total. The molecule has 12 heteroatoms. The van der Waals surface area contributed by atoms with Crippen LogP contribution in [0.25, 0.3) is 0 Å². The predicted molar refractivity (Wildman–Crippen MR) is 107 cm³/mol. The number of methoxy groups -OCH3 is 1. The van der Waals surface area contributed by atoms with Gasteiger partial charge >= 0.3 is 12.1 Å². The minimum absolute atomic E-state index is 0.0515. The molecule has 1 fully saturated rings. The summed E-state index contributed by atoms with van der Waals surface area (Å²) in [7, 11) is -2.68. The Morgan fingerprint density at radius 3 is 2.29 bits per heavy atom. The maximum Gasteiger partial charge on any atom is 0.471 e. The first-order valence-corrected chi connectivity index (χ1v) is 10.5. The van der Waals surface area contributed by atoms with E-state index >= 15 is 0 Å². The summed E-state index contributed by atoms with van der Waals surface area (Å²) in [6.45, 7) is 0.539. The summed E-state index contributed by atoms with van der Waals surface area (Å²) in [5.41, 5.74) is 0.488. The van der Waals surface area contributed by atoms with E-state index in [1.807, 2.05) is 0 Å². The molecule has 0 atom stereocenters. The maximum atomic E-state index is 12.6. The van der Waals surface area contributed by atoms with Gasteiger partial charge in [-0.25, -0.2) is 8.42 Å². The highest BCUT2D eigenvalue weighted by Crippen LogP contribution is 2.34. The topological polar surface area (TPSA) is 105 Å². The molecule has 0 saturated carbocycles. The van der Waals surface area contributed by atoms with Crippen molar-refractivity contribution in [2.75, 3.05) is 28.6 Å². The van der Waals surface area contributed by atoms with Gasteiger partial charge in [-0.3, -0.25) is 14.3 Å². The standard InChI is InChI=1S/C19H18F3N3O5S/c1-30-16-11-13(6-9-15(16)25-10-2-3-17(25)26)24-31(28,29)14-7-4-12(5-8-14)23-18(27)19(20,21)22/h4-9,11,24H,2-3,10H2,1H3,(H,23,27). The Hall–Kier alpha value is -3.28. The second kappa shape index (κ2) is 8.46. The summed E-state index contributed by atoms with van der Waals surface area (Å²) >= 11 is 0. The van der Waals surface area contributed by atoms with Gasteiger partial charge in [-0.2, -0.15) is 13.2 Å². The normalized spacial score (nSPS) is 14.5. The number of ether oxygens (including phenoxy) is 1. The highest BCUT2D eigenvalue weighted by molar-refractivity contribution is 7.92. The number of hydrogen-bond donors (Lipinski definition) is 2. The van der Waals surface area contributed by atoms with Crippen LogP contribution in [0.4, 0.5) is 30.2 Å². The Balaban J connectivity index is 1.77. The number of amides is 2. The monoisotopic (exact) mass is 457 g/mol. The number of carbonyl (C=O) groups is 2. The van der Waals surface area contributed by atoms with Crippen LogP contribution in [-0.4, -0.2) is 40.1 Å². The number of rotatable bonds is 6. The van der Waals surface area contributed by atoms with Crippen LogP contribution < -0.4 is 19.7 Å². The lowest BCUT2D eigenvalue weighted by atomic mass is 10.2. The quantitative estimate of drug-likeness (QED) is 0.694. The molecule has 3 rings (SSSR count). The molecule has 0 aliphatic carbocycles. The van der Waals surface area contributed by atoms with E-state index in [1.54, 1.807) is 16.3 Å². The van der Waals surface area contributed by atoms with E-state index in [0.717, 1.165) is 30.7 Å². The van der Waals surface area contributed by atoms with Gasteiger partial charge in [0.25, 0.3) is 10.0 Å². The van der Waals surface area contributed by atoms with Crippen LogP contribution >= 0.6 is 0 Å². The lowest BCUT2D eigenvalue weighted by Gasteiger charge is -2.20. The van der Waals surface area contributed by atoms with Gasteiger partial charge in [0, 0.05) is 24.7 Å². The van der Waals surface area contributed by atoms with E-state index < -0.39 is 22.1 Å². The first kappa shape index (κ1) is 22.4. The Bertz CT molecular complexity index is 1100. The molecule has 1 aliphatic heterocycles. The minimum atomic E-state index is -5.06. The number of nitrogens with one attached hydrogen (secondary N) is 2. The Labute approximate surface area is 176 Å². The zero-order valence-corrected chi connectivity index (χ0v) is 17.0. The third-order valence-corrected chi connectivity index (χ3v) is 5.87. The van der Waals surface area contributed by atoms with Crippen molar-refractivity contribution < 1.29 is 35.9 Å². The van der Waals surface area contributed by atoms with E-state index in [0.29, 0.717) is 24.4 Å². The lowest BCUT2D eigenvalue weighted by Crippen LogP contribution is -2.29. The molecular formula is C19H18F3N3O5S. The Morgan fingerprint density at radius 2 is 1.74 bits per heavy atom. The molecule has 2 aromatic carbocycles. The van der Waals surface area contributed by atoms with Crippen LogP contribution in [0.5, 0.6) is 5.75 Å². The van der Waals surface area contributed by atoms with Crippen LogP contribution in [0.1, 0.15) is 12.8 Å². The van der Waals surface area contributed by atoms with Crippen LogP contribution in [0.2, 0.25) is 0 Å². The smallest absolute Gasteiger partial charge is 0.471 e. The van der Waals surface area contributed by atoms with E-state index in [9.17, 15) is 31.2 Å². The fourth-order valence-corrected chi connectivity index (χ4v) is 4.05. The summed E-state index contributed by atoms with van der Waals surface area (Å²) in [5, 5.41) is 1.63. The fourth-order valence-electron chi connectivity index (χ4n) is 3.00. The van der Waals surface area contributed by atoms with Crippen LogP contribution in [0.3, 0.4) is 0 Å². The van der Waals surface area contributed by atoms with E-state index in [1.165, 1.54) is 19.2 Å². The number of nitrogens with zero attached hydrogens (tertiary/aromatic N) is 1. The molecule has 0 radical (unpaired) electrons. The predicted octanol–water partition coefficient (Wildman–Crippen LogP) is 3.12. The molecule has 0 aromatic heterocycles. The van der Waals surface area contributed by atoms with Crippen molar-refractivity contribution in [3.63, 3.8) is 0 Å². The first-order chi connectivity index (χ1) is 14.5. The van der Waals surface area contributed by atoms with Crippen molar-refractivity contribution in [1.82, 2.24) is 0 Å². The van der Waals surface area contributed by atoms with Crippen LogP contribution in [0.15, 0.2) is 47.4 Å². The van der Waals surface area contributed by atoms with Crippen molar-refractivity contribution in [2.45, 2.75) is 23.9 Å². The molecule has 2 aromatic rings. The lowest BCUT2D eigenvalue weighted by molar-refractivity contribution is -0.167. The minimum Gasteiger partial charge on any atom is -0.494 e. The summed E-state index contributed by atoms with van der Waals surface area (Å²) in [6.07, 6.45) is -3.91. The van der Waals surface area contributed by atoms with Crippen molar-refractivity contribution in [3.8, 4) is 5.75 Å². The van der Waals surface area contributed by atoms with Gasteiger partial charge in [0.2, 0.25) is 5.91 Å². The van der Waals surface area contributed by atoms with Crippen molar-refractivity contribution in [2.24, 2.45) is 0 Å². The highest BCUT2D eigenvalue weighted by Gasteiger charge is 2.38. The molecule has 1 aliphatic rings. The molecule has 1 saturated heterocycles. The number of anilines is 3. The molecular weight excluding hydrogens is 439 g/mol. The van der Waals surface area contributed by atoms with Crippen molar-refractivity contribution in [1.29, 1.82) is 0 Å². The number of sulfonamides is 1. The van der Waals surface area contributed by atoms with Crippen molar-refractivity contribution in [3.05, 3.63) is 42.5 Å². The number of carbonyl (C=O) groups excluding carboxylic acids is 2. The third kappa shape index (κ3) is 5.08. The molecule has 0 bridgehead atoms. The van der Waals surface area contributed by atoms with Gasteiger partial charge in [-0.15, -0.1) is 0 Å². The van der Waals surface area contributed by atoms with Gasteiger partial charge in [0.05, 0.1) is 23.4 Å². The third-order valence-electron chi connectivity index (χ3n) is 4.48. The number of halogens is 3. The number of alkyl halides is 3. The molecule has 31 heavy (non-hydrogen) atoms. The molecule has 1 heterocycles. The zero-order chi connectivity index (χ0) is 22.8. The van der Waals surface area contributed by atoms with E-state index in [4.69, 9.17) is 4.74 Å². The van der Waals surface area contributed by atoms with Gasteiger partial charge in [0.1, 0.15) is 5.75 Å². The average molecular weight is 457 g/mol. The Morgan fingerprint density at radius 1 is 1.10 bits per heavy atom. The zero-order valence-electron chi connectivity index (χ0n) is 16.2. The SMILES string of the molecule is COc1cc(NS(=O)(=O)c2ccc(NC(=O)C(F)(F)F)cc2)ccc1N1CCCC1=O. The molecule has 166 valence electrons. The number of hydrogen-bond acceptors (Lipinski definition) is 5. The summed E-state index contributed by atoms with van der Waals surface area (Å²) in [4.78, 5) is 24.3. The first-order valence-electron chi connectivity index (χ1n) is 9.01. The second-order valence-corrected chi connectivity index (χ2v) is 8.30. The van der Waals surface area contributed by atoms with Gasteiger partial charge < -0.3 is 15.0 Å². The summed E-state index contributed by atoms with van der Waals surface area (Å²) in [6, 6.07) is 8.67. The summed E-state index contributed by atoms with van der Waals surface area (Å²) < 4.78 is 69.8. The molecule has 2 amide bonds. The van der Waals surface area contributed by atoms with Crippen molar-refractivity contribution >= 4 is 38.9 Å². The van der Waals surface area contributed by atoms with E-state index in [-0.39, 0.29) is 22.2 Å². The highest BCUT2D eigenvalue weighted by atomic mass is 32.2. The van der Waals surface area contributed by atoms with Gasteiger partial charge in [-0.05, 0) is 42.8 Å². The summed E-state index contributed by atoms with van der Waals surface area (Å²) in [5.74, 6) is -1.91. The maximum absolute atomic E-state index is 12.6.